The predicted octanol–water partition coefficient (Wildman–Crippen LogP) is 0.102. The van der Waals surface area contributed by atoms with Crippen LogP contribution < -0.4 is 20.1 Å². The van der Waals surface area contributed by atoms with Gasteiger partial charge in [0.2, 0.25) is 11.8 Å². The lowest BCUT2D eigenvalue weighted by Crippen LogP contribution is -2.53. The van der Waals surface area contributed by atoms with Crippen LogP contribution in [0.4, 0.5) is 0 Å². The van der Waals surface area contributed by atoms with Crippen molar-refractivity contribution in [1.82, 2.24) is 20.4 Å². The van der Waals surface area contributed by atoms with E-state index in [-0.39, 0.29) is 30.3 Å². The van der Waals surface area contributed by atoms with E-state index in [0.29, 0.717) is 49.8 Å². The van der Waals surface area contributed by atoms with Gasteiger partial charge >= 0.3 is 0 Å². The molecule has 0 bridgehead atoms. The van der Waals surface area contributed by atoms with Gasteiger partial charge in [-0.05, 0) is 26.0 Å². The lowest BCUT2D eigenvalue weighted by molar-refractivity contribution is -0.132. The van der Waals surface area contributed by atoms with Gasteiger partial charge in [0.15, 0.2) is 0 Å². The quantitative estimate of drug-likeness (QED) is 0.635. The number of ether oxygens (including phenoxy) is 2. The van der Waals surface area contributed by atoms with Gasteiger partial charge in [-0.3, -0.25) is 19.3 Å². The topological polar surface area (TPSA) is 100 Å². The number of nitrogens with one attached hydrogen (secondary N) is 2. The smallest absolute Gasteiger partial charge is 0.251 e. The molecule has 1 saturated heterocycles. The predicted molar refractivity (Wildman–Crippen MR) is 108 cm³/mol. The summed E-state index contributed by atoms with van der Waals surface area (Å²) in [6.45, 7) is 6.37. The van der Waals surface area contributed by atoms with Crippen LogP contribution in [0.15, 0.2) is 18.2 Å². The van der Waals surface area contributed by atoms with Crippen LogP contribution in [0.5, 0.6) is 11.5 Å². The molecule has 0 aliphatic carbocycles. The Morgan fingerprint density at radius 2 is 1.59 bits per heavy atom. The van der Waals surface area contributed by atoms with Gasteiger partial charge in [0, 0.05) is 43.9 Å². The highest BCUT2D eigenvalue weighted by Crippen LogP contribution is 2.22. The Bertz CT molecular complexity index is 707. The molecule has 0 aromatic heterocycles. The van der Waals surface area contributed by atoms with Crippen LogP contribution in [0.2, 0.25) is 0 Å². The first-order valence-electron chi connectivity index (χ1n) is 9.63. The maximum atomic E-state index is 12.4. The number of carbonyl (C=O) groups excluding carboxylic acids is 3. The van der Waals surface area contributed by atoms with Gasteiger partial charge in [-0.15, -0.1) is 0 Å². The minimum Gasteiger partial charge on any atom is -0.497 e. The highest BCUT2D eigenvalue weighted by Gasteiger charge is 2.23. The Morgan fingerprint density at radius 1 is 1.00 bits per heavy atom. The van der Waals surface area contributed by atoms with Crippen LogP contribution in [0.25, 0.3) is 0 Å². The van der Waals surface area contributed by atoms with E-state index < -0.39 is 0 Å². The molecule has 0 unspecified atom stereocenters. The first kappa shape index (κ1) is 22.5. The molecule has 1 aliphatic heterocycles. The van der Waals surface area contributed by atoms with E-state index in [1.54, 1.807) is 23.1 Å². The van der Waals surface area contributed by atoms with Crippen molar-refractivity contribution in [1.29, 1.82) is 0 Å². The minimum absolute atomic E-state index is 0.0132. The van der Waals surface area contributed by atoms with E-state index in [4.69, 9.17) is 9.47 Å². The van der Waals surface area contributed by atoms with Crippen molar-refractivity contribution in [2.24, 2.45) is 0 Å². The Labute approximate surface area is 171 Å². The van der Waals surface area contributed by atoms with Crippen molar-refractivity contribution in [3.8, 4) is 11.5 Å². The molecule has 0 saturated carbocycles. The molecule has 0 radical (unpaired) electrons. The van der Waals surface area contributed by atoms with Crippen molar-refractivity contribution in [3.63, 3.8) is 0 Å². The summed E-state index contributed by atoms with van der Waals surface area (Å²) in [4.78, 5) is 40.4. The Morgan fingerprint density at radius 3 is 2.10 bits per heavy atom. The zero-order valence-electron chi connectivity index (χ0n) is 17.5. The Kier molecular flexibility index (Phi) is 8.26. The molecule has 0 atom stereocenters. The standard InChI is InChI=1S/C20H30N4O5/c1-14(2)22-18(25)13-23-5-7-24(8-6-23)19(26)12-21-20(27)15-9-16(28-3)11-17(10-15)29-4/h9-11,14H,5-8,12-13H2,1-4H3,(H,21,27)(H,22,25). The third-order valence-electron chi connectivity index (χ3n) is 4.56. The molecule has 1 heterocycles. The molecule has 1 aliphatic rings. The van der Waals surface area contributed by atoms with Crippen molar-refractivity contribution in [2.45, 2.75) is 19.9 Å². The molecule has 1 aromatic rings. The summed E-state index contributed by atoms with van der Waals surface area (Å²) in [6.07, 6.45) is 0. The molecule has 0 spiro atoms. The van der Waals surface area contributed by atoms with Crippen LogP contribution in [0.1, 0.15) is 24.2 Å². The van der Waals surface area contributed by atoms with E-state index in [1.165, 1.54) is 14.2 Å². The average Bonchev–Trinajstić information content (AvgIpc) is 2.71. The largest absolute Gasteiger partial charge is 0.497 e. The van der Waals surface area contributed by atoms with E-state index in [9.17, 15) is 14.4 Å². The second kappa shape index (κ2) is 10.7. The molecule has 9 heteroatoms. The molecule has 3 amide bonds. The second-order valence-corrected chi connectivity index (χ2v) is 7.16. The van der Waals surface area contributed by atoms with Gasteiger partial charge in [-0.2, -0.15) is 0 Å². The third kappa shape index (κ3) is 6.94. The highest BCUT2D eigenvalue weighted by atomic mass is 16.5. The molecule has 160 valence electrons. The fourth-order valence-corrected chi connectivity index (χ4v) is 3.03. The summed E-state index contributed by atoms with van der Waals surface area (Å²) in [5.74, 6) is 0.455. The molecule has 1 fully saturated rings. The fraction of sp³-hybridized carbons (Fsp3) is 0.550. The Balaban J connectivity index is 1.80. The van der Waals surface area contributed by atoms with E-state index >= 15 is 0 Å². The number of hydrogen-bond acceptors (Lipinski definition) is 6. The first-order chi connectivity index (χ1) is 13.8. The van der Waals surface area contributed by atoms with E-state index in [2.05, 4.69) is 10.6 Å². The third-order valence-corrected chi connectivity index (χ3v) is 4.56. The number of rotatable bonds is 8. The lowest BCUT2D eigenvalue weighted by Gasteiger charge is -2.34. The van der Waals surface area contributed by atoms with Crippen molar-refractivity contribution < 1.29 is 23.9 Å². The summed E-state index contributed by atoms with van der Waals surface area (Å²) < 4.78 is 10.3. The Hall–Kier alpha value is -2.81. The van der Waals surface area contributed by atoms with Crippen molar-refractivity contribution in [2.75, 3.05) is 53.5 Å². The first-order valence-corrected chi connectivity index (χ1v) is 9.63. The molecule has 2 N–H and O–H groups in total. The monoisotopic (exact) mass is 406 g/mol. The van der Waals surface area contributed by atoms with Gasteiger partial charge < -0.3 is 25.0 Å². The summed E-state index contributed by atoms with van der Waals surface area (Å²) in [5, 5.41) is 5.51. The number of amides is 3. The zero-order chi connectivity index (χ0) is 21.4. The van der Waals surface area contributed by atoms with Gasteiger partial charge in [0.05, 0.1) is 27.3 Å². The van der Waals surface area contributed by atoms with Gasteiger partial charge in [0.1, 0.15) is 11.5 Å². The normalized spacial score (nSPS) is 14.4. The maximum absolute atomic E-state index is 12.4. The molecule has 9 nitrogen and oxygen atoms in total. The summed E-state index contributed by atoms with van der Waals surface area (Å²) >= 11 is 0. The molecule has 29 heavy (non-hydrogen) atoms. The number of hydrogen-bond donors (Lipinski definition) is 2. The molecular formula is C20H30N4O5. The summed E-state index contributed by atoms with van der Waals surface area (Å²) in [7, 11) is 3.01. The number of carbonyl (C=O) groups is 3. The molecule has 2 rings (SSSR count). The van der Waals surface area contributed by atoms with Gasteiger partial charge in [0.25, 0.3) is 5.91 Å². The maximum Gasteiger partial charge on any atom is 0.251 e. The fourth-order valence-electron chi connectivity index (χ4n) is 3.03. The van der Waals surface area contributed by atoms with Crippen LogP contribution in [0.3, 0.4) is 0 Å². The van der Waals surface area contributed by atoms with Crippen LogP contribution >= 0.6 is 0 Å². The lowest BCUT2D eigenvalue weighted by atomic mass is 10.2. The van der Waals surface area contributed by atoms with Crippen molar-refractivity contribution >= 4 is 17.7 Å². The average molecular weight is 406 g/mol. The second-order valence-electron chi connectivity index (χ2n) is 7.16. The zero-order valence-corrected chi connectivity index (χ0v) is 17.5. The number of benzene rings is 1. The summed E-state index contributed by atoms with van der Waals surface area (Å²) in [5.41, 5.74) is 0.356. The van der Waals surface area contributed by atoms with Crippen LogP contribution in [0, 0.1) is 0 Å². The van der Waals surface area contributed by atoms with E-state index in [1.807, 2.05) is 18.7 Å². The van der Waals surface area contributed by atoms with Crippen LogP contribution in [-0.2, 0) is 9.59 Å². The van der Waals surface area contributed by atoms with Gasteiger partial charge in [-0.1, -0.05) is 0 Å². The number of methoxy groups -OCH3 is 2. The van der Waals surface area contributed by atoms with Gasteiger partial charge in [-0.25, -0.2) is 0 Å². The minimum atomic E-state index is -0.375. The van der Waals surface area contributed by atoms with E-state index in [0.717, 1.165) is 0 Å². The SMILES string of the molecule is COc1cc(OC)cc(C(=O)NCC(=O)N2CCN(CC(=O)NC(C)C)CC2)c1. The van der Waals surface area contributed by atoms with Crippen molar-refractivity contribution in [3.05, 3.63) is 23.8 Å². The molecule has 1 aromatic carbocycles. The number of piperazine rings is 1. The highest BCUT2D eigenvalue weighted by molar-refractivity contribution is 5.97. The number of nitrogens with zero attached hydrogens (tertiary/aromatic N) is 2. The summed E-state index contributed by atoms with van der Waals surface area (Å²) in [6, 6.07) is 4.95. The van der Waals surface area contributed by atoms with Crippen LogP contribution in [-0.4, -0.2) is 87.1 Å². The molecular weight excluding hydrogens is 376 g/mol.